The Kier molecular flexibility index (Phi) is 6.80. The van der Waals surface area contributed by atoms with Crippen molar-refractivity contribution < 1.29 is 13.7 Å². The van der Waals surface area contributed by atoms with Crippen LogP contribution in [0.5, 0.6) is 0 Å². The third-order valence-electron chi connectivity index (χ3n) is 6.77. The van der Waals surface area contributed by atoms with Crippen molar-refractivity contribution in [2.75, 3.05) is 6.61 Å². The average molecular weight is 383 g/mol. The summed E-state index contributed by atoms with van der Waals surface area (Å²) in [4.78, 5) is 0. The Morgan fingerprint density at radius 2 is 1.38 bits per heavy atom. The van der Waals surface area contributed by atoms with Gasteiger partial charge in [0.25, 0.3) is 6.55 Å². The molecule has 0 spiro atoms. The molecule has 0 aliphatic carbocycles. The minimum atomic E-state index is -1.64. The predicted octanol–water partition coefficient (Wildman–Crippen LogP) is 6.73. The van der Waals surface area contributed by atoms with E-state index in [1.807, 2.05) is 0 Å². The lowest BCUT2D eigenvalue weighted by molar-refractivity contribution is 0.00578. The van der Waals surface area contributed by atoms with E-state index < -0.39 is 14.9 Å². The zero-order valence-electron chi connectivity index (χ0n) is 19.6. The van der Waals surface area contributed by atoms with Crippen molar-refractivity contribution in [3.63, 3.8) is 0 Å². The second-order valence-corrected chi connectivity index (χ2v) is 16.4. The summed E-state index contributed by atoms with van der Waals surface area (Å²) in [7, 11) is -1.64. The normalized spacial score (nSPS) is 22.9. The maximum Gasteiger partial charge on any atom is 0.268 e. The van der Waals surface area contributed by atoms with Gasteiger partial charge in [-0.25, -0.2) is 0 Å². The third kappa shape index (κ3) is 5.03. The Morgan fingerprint density at radius 1 is 0.923 bits per heavy atom. The molecule has 0 radical (unpaired) electrons. The van der Waals surface area contributed by atoms with Gasteiger partial charge in [-0.2, -0.15) is 5.98 Å². The van der Waals surface area contributed by atoms with Crippen molar-refractivity contribution >= 4 is 14.9 Å². The van der Waals surface area contributed by atoms with Gasteiger partial charge in [0.05, 0.1) is 0 Å². The summed E-state index contributed by atoms with van der Waals surface area (Å²) in [5, 5.41) is 0.185. The van der Waals surface area contributed by atoms with Crippen molar-refractivity contribution in [2.24, 2.45) is 0 Å². The molecule has 0 saturated carbocycles. The Morgan fingerprint density at radius 3 is 1.77 bits per heavy atom. The minimum absolute atomic E-state index is 0.0841. The molecule has 0 bridgehead atoms. The maximum atomic E-state index is 6.55. The topological polar surface area (TPSA) is 27.7 Å². The van der Waals surface area contributed by atoms with Crippen LogP contribution in [0.1, 0.15) is 82.1 Å². The number of unbranched alkanes of at least 4 members (excludes halogenated alkanes) is 1. The van der Waals surface area contributed by atoms with Crippen LogP contribution in [0.4, 0.5) is 0 Å². The largest absolute Gasteiger partial charge is 0.558 e. The van der Waals surface area contributed by atoms with E-state index in [9.17, 15) is 0 Å². The summed E-state index contributed by atoms with van der Waals surface area (Å²) < 4.78 is 19.4. The SMILES string of the molecule is CC(C)(C)[B-]1(/C=C/CCCO[Si](C)(C)C(C)(C)C)OC(C)(C)C(C)(C)O1. The highest BCUT2D eigenvalue weighted by molar-refractivity contribution is 6.76. The molecule has 0 amide bonds. The fourth-order valence-electron chi connectivity index (χ4n) is 2.92. The Bertz CT molecular complexity index is 494. The summed E-state index contributed by atoms with van der Waals surface area (Å²) in [5.74, 6) is 2.20. The molecule has 26 heavy (non-hydrogen) atoms. The van der Waals surface area contributed by atoms with E-state index >= 15 is 0 Å². The molecule has 0 unspecified atom stereocenters. The van der Waals surface area contributed by atoms with Gasteiger partial charge in [-0.05, 0) is 58.7 Å². The Balaban J connectivity index is 2.70. The van der Waals surface area contributed by atoms with Crippen molar-refractivity contribution in [2.45, 2.75) is 117 Å². The van der Waals surface area contributed by atoms with Crippen LogP contribution < -0.4 is 0 Å². The first-order valence-electron chi connectivity index (χ1n) is 10.2. The lowest BCUT2D eigenvalue weighted by Gasteiger charge is -2.46. The quantitative estimate of drug-likeness (QED) is 0.376. The van der Waals surface area contributed by atoms with Crippen LogP contribution in [-0.4, -0.2) is 32.7 Å². The molecule has 0 aromatic rings. The highest BCUT2D eigenvalue weighted by Crippen LogP contribution is 2.51. The van der Waals surface area contributed by atoms with E-state index in [1.54, 1.807) is 0 Å². The maximum absolute atomic E-state index is 6.55. The number of allylic oxidation sites excluding steroid dienone is 1. The van der Waals surface area contributed by atoms with E-state index in [4.69, 9.17) is 13.7 Å². The van der Waals surface area contributed by atoms with Gasteiger partial charge in [-0.3, -0.25) is 0 Å². The summed E-state index contributed by atoms with van der Waals surface area (Å²) in [5.41, 5.74) is -0.619. The molecule has 0 aromatic heterocycles. The molecule has 1 saturated heterocycles. The highest BCUT2D eigenvalue weighted by Gasteiger charge is 2.54. The zero-order chi connectivity index (χ0) is 20.7. The van der Waals surface area contributed by atoms with Crippen LogP contribution in [-0.2, 0) is 13.7 Å². The van der Waals surface area contributed by atoms with Crippen LogP contribution in [0.25, 0.3) is 0 Å². The Labute approximate surface area is 164 Å². The van der Waals surface area contributed by atoms with Gasteiger partial charge in [0, 0.05) is 17.8 Å². The lowest BCUT2D eigenvalue weighted by Crippen LogP contribution is -2.46. The fourth-order valence-corrected chi connectivity index (χ4v) is 4.01. The molecule has 0 aromatic carbocycles. The van der Waals surface area contributed by atoms with Crippen molar-refractivity contribution in [1.29, 1.82) is 0 Å². The lowest BCUT2D eigenvalue weighted by atomic mass is 9.39. The van der Waals surface area contributed by atoms with Gasteiger partial charge in [0.2, 0.25) is 0 Å². The summed E-state index contributed by atoms with van der Waals surface area (Å²) in [6.07, 6.45) is 4.26. The van der Waals surface area contributed by atoms with Gasteiger partial charge in [0.1, 0.15) is 0 Å². The molecule has 154 valence electrons. The molecule has 1 aliphatic rings. The van der Waals surface area contributed by atoms with E-state index in [-0.39, 0.29) is 21.6 Å². The molecule has 0 atom stereocenters. The van der Waals surface area contributed by atoms with E-state index in [0.717, 1.165) is 19.4 Å². The summed E-state index contributed by atoms with van der Waals surface area (Å²) in [6.45, 7) is 25.9. The number of hydrogen-bond donors (Lipinski definition) is 0. The first kappa shape index (κ1) is 23.9. The molecule has 3 nitrogen and oxygen atoms in total. The molecule has 1 heterocycles. The van der Waals surface area contributed by atoms with Gasteiger partial charge >= 0.3 is 0 Å². The second kappa shape index (κ2) is 7.38. The second-order valence-electron chi connectivity index (χ2n) is 11.6. The zero-order valence-corrected chi connectivity index (χ0v) is 20.6. The Hall–Kier alpha value is -0.0982. The molecule has 0 N–H and O–H groups in total. The van der Waals surface area contributed by atoms with Crippen molar-refractivity contribution in [3.05, 3.63) is 12.1 Å². The van der Waals surface area contributed by atoms with Crippen LogP contribution in [0, 0.1) is 0 Å². The molecule has 1 fully saturated rings. The van der Waals surface area contributed by atoms with E-state index in [1.165, 1.54) is 0 Å². The first-order valence-corrected chi connectivity index (χ1v) is 13.1. The average Bonchev–Trinajstić information content (AvgIpc) is 2.58. The molecular weight excluding hydrogens is 339 g/mol. The first-order chi connectivity index (χ1) is 11.4. The summed E-state index contributed by atoms with van der Waals surface area (Å²) >= 11 is 0. The van der Waals surface area contributed by atoms with Crippen LogP contribution >= 0.6 is 0 Å². The van der Waals surface area contributed by atoms with Crippen LogP contribution in [0.3, 0.4) is 0 Å². The van der Waals surface area contributed by atoms with E-state index in [0.29, 0.717) is 0 Å². The van der Waals surface area contributed by atoms with Gasteiger partial charge in [-0.1, -0.05) is 41.5 Å². The molecule has 1 aliphatic heterocycles. The molecule has 5 heteroatoms. The fraction of sp³-hybridized carbons (Fsp3) is 0.905. The highest BCUT2D eigenvalue weighted by atomic mass is 28.4. The van der Waals surface area contributed by atoms with Crippen molar-refractivity contribution in [3.8, 4) is 0 Å². The predicted molar refractivity (Wildman–Crippen MR) is 117 cm³/mol. The van der Waals surface area contributed by atoms with Gasteiger partial charge < -0.3 is 13.7 Å². The van der Waals surface area contributed by atoms with Gasteiger partial charge in [0.15, 0.2) is 8.32 Å². The van der Waals surface area contributed by atoms with Crippen LogP contribution in [0.2, 0.25) is 23.4 Å². The number of hydrogen-bond acceptors (Lipinski definition) is 3. The third-order valence-corrected chi connectivity index (χ3v) is 11.3. The van der Waals surface area contributed by atoms with Gasteiger partial charge in [-0.15, -0.1) is 11.4 Å². The van der Waals surface area contributed by atoms with Crippen LogP contribution in [0.15, 0.2) is 12.1 Å². The smallest absolute Gasteiger partial charge is 0.268 e. The minimum Gasteiger partial charge on any atom is -0.558 e. The molecular formula is C21H44BO3Si-. The van der Waals surface area contributed by atoms with Crippen molar-refractivity contribution in [1.82, 2.24) is 0 Å². The molecule has 1 rings (SSSR count). The number of rotatable bonds is 6. The summed E-state index contributed by atoms with van der Waals surface area (Å²) in [6, 6.07) is 0. The van der Waals surface area contributed by atoms with E-state index in [2.05, 4.69) is 94.4 Å². The standard InChI is InChI=1S/C21H44BO3Si/c1-18(2,3)22(24-20(7,8)21(9,10)25-22)16-14-13-15-17-23-26(11,12)19(4,5)6/h14,16H,13,15,17H2,1-12H3/q-1/b16-14+. The monoisotopic (exact) mass is 383 g/mol.